The highest BCUT2D eigenvalue weighted by atomic mass is 79.9. The van der Waals surface area contributed by atoms with Gasteiger partial charge in [0.2, 0.25) is 0 Å². The highest BCUT2D eigenvalue weighted by Crippen LogP contribution is 2.12. The van der Waals surface area contributed by atoms with E-state index in [4.69, 9.17) is 4.74 Å². The summed E-state index contributed by atoms with van der Waals surface area (Å²) in [6.45, 7) is 0.484. The highest BCUT2D eigenvalue weighted by molar-refractivity contribution is 9.10. The van der Waals surface area contributed by atoms with E-state index in [9.17, 15) is 4.79 Å². The van der Waals surface area contributed by atoms with Crippen molar-refractivity contribution in [3.8, 4) is 0 Å². The second-order valence-corrected chi connectivity index (χ2v) is 4.86. The van der Waals surface area contributed by atoms with Crippen LogP contribution in [0.1, 0.15) is 15.9 Å². The minimum absolute atomic E-state index is 0.187. The number of carbonyl (C=O) groups is 1. The van der Waals surface area contributed by atoms with Crippen LogP contribution < -0.4 is 5.32 Å². The molecule has 5 heteroatoms. The number of nitrogens with one attached hydrogen (secondary N) is 1. The number of methoxy groups -OCH3 is 1. The lowest BCUT2D eigenvalue weighted by Crippen LogP contribution is -2.13. The first-order valence-corrected chi connectivity index (χ1v) is 6.49. The van der Waals surface area contributed by atoms with Gasteiger partial charge in [-0.25, -0.2) is 4.98 Å². The Balaban J connectivity index is 2.11. The number of carbonyl (C=O) groups excluding carboxylic acids is 1. The SMILES string of the molecule is COCc1cccc(C(=O)Nc2ccc(Br)cn2)c1. The fourth-order valence-electron chi connectivity index (χ4n) is 1.61. The third-order valence-electron chi connectivity index (χ3n) is 2.47. The summed E-state index contributed by atoms with van der Waals surface area (Å²) >= 11 is 3.29. The van der Waals surface area contributed by atoms with E-state index in [1.807, 2.05) is 18.2 Å². The van der Waals surface area contributed by atoms with Crippen molar-refractivity contribution in [2.24, 2.45) is 0 Å². The zero-order chi connectivity index (χ0) is 13.7. The number of benzene rings is 1. The van der Waals surface area contributed by atoms with Gasteiger partial charge in [0.25, 0.3) is 5.91 Å². The van der Waals surface area contributed by atoms with Crippen LogP contribution in [0.4, 0.5) is 5.82 Å². The molecule has 0 bridgehead atoms. The quantitative estimate of drug-likeness (QED) is 0.940. The smallest absolute Gasteiger partial charge is 0.256 e. The molecule has 1 heterocycles. The molecular formula is C14H13BrN2O2. The van der Waals surface area contributed by atoms with Crippen molar-refractivity contribution < 1.29 is 9.53 Å². The van der Waals surface area contributed by atoms with Crippen LogP contribution >= 0.6 is 15.9 Å². The zero-order valence-corrected chi connectivity index (χ0v) is 12.0. The van der Waals surface area contributed by atoms with Gasteiger partial charge in [-0.1, -0.05) is 12.1 Å². The molecule has 0 saturated heterocycles. The lowest BCUT2D eigenvalue weighted by atomic mass is 10.1. The Hall–Kier alpha value is -1.72. The van der Waals surface area contributed by atoms with E-state index < -0.39 is 0 Å². The number of hydrogen-bond acceptors (Lipinski definition) is 3. The standard InChI is InChI=1S/C14H13BrN2O2/c1-19-9-10-3-2-4-11(7-10)14(18)17-13-6-5-12(15)8-16-13/h2-8H,9H2,1H3,(H,16,17,18). The summed E-state index contributed by atoms with van der Waals surface area (Å²) in [4.78, 5) is 16.2. The highest BCUT2D eigenvalue weighted by Gasteiger charge is 2.07. The molecule has 1 amide bonds. The molecule has 0 unspecified atom stereocenters. The van der Waals surface area contributed by atoms with Crippen LogP contribution in [-0.4, -0.2) is 18.0 Å². The lowest BCUT2D eigenvalue weighted by Gasteiger charge is -2.06. The maximum atomic E-state index is 12.1. The van der Waals surface area contributed by atoms with E-state index in [0.29, 0.717) is 18.0 Å². The van der Waals surface area contributed by atoms with Gasteiger partial charge in [-0.2, -0.15) is 0 Å². The molecule has 1 N–H and O–H groups in total. The first-order valence-electron chi connectivity index (χ1n) is 5.70. The van der Waals surface area contributed by atoms with Gasteiger partial charge >= 0.3 is 0 Å². The van der Waals surface area contributed by atoms with Crippen LogP contribution in [0.2, 0.25) is 0 Å². The van der Waals surface area contributed by atoms with Crippen LogP contribution in [-0.2, 0) is 11.3 Å². The summed E-state index contributed by atoms with van der Waals surface area (Å²) in [6.07, 6.45) is 1.64. The van der Waals surface area contributed by atoms with Gasteiger partial charge in [0.1, 0.15) is 5.82 Å². The third-order valence-corrected chi connectivity index (χ3v) is 2.94. The third kappa shape index (κ3) is 3.87. The monoisotopic (exact) mass is 320 g/mol. The van der Waals surface area contributed by atoms with E-state index in [-0.39, 0.29) is 5.91 Å². The van der Waals surface area contributed by atoms with E-state index in [0.717, 1.165) is 10.0 Å². The first kappa shape index (κ1) is 13.7. The largest absolute Gasteiger partial charge is 0.380 e. The lowest BCUT2D eigenvalue weighted by molar-refractivity contribution is 0.102. The van der Waals surface area contributed by atoms with Gasteiger partial charge in [-0.3, -0.25) is 4.79 Å². The molecule has 0 spiro atoms. The van der Waals surface area contributed by atoms with E-state index in [1.54, 1.807) is 31.5 Å². The molecule has 1 aromatic carbocycles. The van der Waals surface area contributed by atoms with Crippen LogP contribution in [0, 0.1) is 0 Å². The Morgan fingerprint density at radius 3 is 2.89 bits per heavy atom. The zero-order valence-electron chi connectivity index (χ0n) is 10.4. The molecule has 0 radical (unpaired) electrons. The molecule has 2 rings (SSSR count). The number of amides is 1. The molecule has 0 fully saturated rings. The number of hydrogen-bond donors (Lipinski definition) is 1. The van der Waals surface area contributed by atoms with Gasteiger partial charge in [0.15, 0.2) is 0 Å². The number of aromatic nitrogens is 1. The molecule has 2 aromatic rings. The van der Waals surface area contributed by atoms with Crippen molar-refractivity contribution in [3.05, 3.63) is 58.2 Å². The molecule has 0 atom stereocenters. The Morgan fingerprint density at radius 2 is 2.21 bits per heavy atom. The second kappa shape index (κ2) is 6.45. The van der Waals surface area contributed by atoms with Crippen molar-refractivity contribution in [2.75, 3.05) is 12.4 Å². The summed E-state index contributed by atoms with van der Waals surface area (Å²) < 4.78 is 5.91. The Kier molecular flexibility index (Phi) is 4.65. The van der Waals surface area contributed by atoms with Crippen molar-refractivity contribution in [1.29, 1.82) is 0 Å². The van der Waals surface area contributed by atoms with Gasteiger partial charge in [-0.05, 0) is 45.8 Å². The number of halogens is 1. The number of pyridine rings is 1. The van der Waals surface area contributed by atoms with Crippen molar-refractivity contribution in [3.63, 3.8) is 0 Å². The van der Waals surface area contributed by atoms with E-state index >= 15 is 0 Å². The second-order valence-electron chi connectivity index (χ2n) is 3.95. The first-order chi connectivity index (χ1) is 9.19. The fraction of sp³-hybridized carbons (Fsp3) is 0.143. The predicted octanol–water partition coefficient (Wildman–Crippen LogP) is 3.24. The van der Waals surface area contributed by atoms with Crippen molar-refractivity contribution in [2.45, 2.75) is 6.61 Å². The van der Waals surface area contributed by atoms with Crippen LogP contribution in [0.3, 0.4) is 0 Å². The molecule has 98 valence electrons. The van der Waals surface area contributed by atoms with Crippen molar-refractivity contribution >= 4 is 27.7 Å². The minimum Gasteiger partial charge on any atom is -0.380 e. The molecule has 19 heavy (non-hydrogen) atoms. The molecular weight excluding hydrogens is 308 g/mol. The van der Waals surface area contributed by atoms with Gasteiger partial charge < -0.3 is 10.1 Å². The maximum absolute atomic E-state index is 12.1. The van der Waals surface area contributed by atoms with Crippen molar-refractivity contribution in [1.82, 2.24) is 4.98 Å². The summed E-state index contributed by atoms with van der Waals surface area (Å²) in [5.74, 6) is 0.332. The molecule has 0 aliphatic rings. The number of rotatable bonds is 4. The molecule has 1 aromatic heterocycles. The Bertz CT molecular complexity index is 570. The summed E-state index contributed by atoms with van der Waals surface area (Å²) in [5.41, 5.74) is 1.54. The molecule has 4 nitrogen and oxygen atoms in total. The molecule has 0 aliphatic heterocycles. The fourth-order valence-corrected chi connectivity index (χ4v) is 1.84. The normalized spacial score (nSPS) is 10.2. The van der Waals surface area contributed by atoms with E-state index in [1.165, 1.54) is 0 Å². The summed E-state index contributed by atoms with van der Waals surface area (Å²) in [6, 6.07) is 10.9. The number of anilines is 1. The van der Waals surface area contributed by atoms with Crippen LogP contribution in [0.5, 0.6) is 0 Å². The van der Waals surface area contributed by atoms with Crippen LogP contribution in [0.25, 0.3) is 0 Å². The maximum Gasteiger partial charge on any atom is 0.256 e. The number of ether oxygens (including phenoxy) is 1. The minimum atomic E-state index is -0.187. The average molecular weight is 321 g/mol. The Labute approximate surface area is 119 Å². The van der Waals surface area contributed by atoms with Crippen LogP contribution in [0.15, 0.2) is 47.1 Å². The summed E-state index contributed by atoms with van der Waals surface area (Å²) in [5, 5.41) is 2.74. The molecule has 0 aliphatic carbocycles. The molecule has 0 saturated carbocycles. The summed E-state index contributed by atoms with van der Waals surface area (Å²) in [7, 11) is 1.62. The topological polar surface area (TPSA) is 51.2 Å². The Morgan fingerprint density at radius 1 is 1.37 bits per heavy atom. The van der Waals surface area contributed by atoms with E-state index in [2.05, 4.69) is 26.2 Å². The number of nitrogens with zero attached hydrogens (tertiary/aromatic N) is 1. The predicted molar refractivity (Wildman–Crippen MR) is 77.0 cm³/mol. The van der Waals surface area contributed by atoms with Gasteiger partial charge in [0.05, 0.1) is 6.61 Å². The average Bonchev–Trinajstić information content (AvgIpc) is 2.42. The van der Waals surface area contributed by atoms with Gasteiger partial charge in [0, 0.05) is 23.3 Å². The van der Waals surface area contributed by atoms with Gasteiger partial charge in [-0.15, -0.1) is 0 Å².